The van der Waals surface area contributed by atoms with E-state index in [-0.39, 0.29) is 17.2 Å². The lowest BCUT2D eigenvalue weighted by atomic mass is 9.70. The minimum atomic E-state index is -0.470. The zero-order valence-corrected chi connectivity index (χ0v) is 18.2. The van der Waals surface area contributed by atoms with E-state index in [1.54, 1.807) is 0 Å². The van der Waals surface area contributed by atoms with Crippen LogP contribution in [-0.2, 0) is 20.7 Å². The van der Waals surface area contributed by atoms with E-state index >= 15 is 0 Å². The Labute approximate surface area is 175 Å². The number of nitrogens with zero attached hydrogens (tertiary/aromatic N) is 1. The fourth-order valence-corrected chi connectivity index (χ4v) is 4.10. The van der Waals surface area contributed by atoms with Gasteiger partial charge in [-0.25, -0.2) is 0 Å². The molecule has 1 unspecified atom stereocenters. The summed E-state index contributed by atoms with van der Waals surface area (Å²) in [5.74, 6) is -1.38. The maximum atomic E-state index is 13.0. The standard InChI is InChI=1S/C23H37N3O3/c1-23(2,3)20(22(28)25-12-13-26-14-16-29-17-15-26)19(21(24)27)11-7-10-18-8-5-4-6-9-18/h4-6,8-9,19-20H,7,10-17H2,1-3H3,(H2,24,27)(H,25,28)/t19?,20-/m1/s1. The maximum absolute atomic E-state index is 13.0. The molecule has 6 heteroatoms. The molecule has 1 saturated heterocycles. The summed E-state index contributed by atoms with van der Waals surface area (Å²) in [4.78, 5) is 27.6. The van der Waals surface area contributed by atoms with Crippen LogP contribution in [0.15, 0.2) is 30.3 Å². The van der Waals surface area contributed by atoms with Crippen molar-refractivity contribution in [3.63, 3.8) is 0 Å². The van der Waals surface area contributed by atoms with Crippen LogP contribution in [0.25, 0.3) is 0 Å². The molecule has 1 fully saturated rings. The van der Waals surface area contributed by atoms with Gasteiger partial charge >= 0.3 is 0 Å². The quantitative estimate of drug-likeness (QED) is 0.627. The number of amides is 2. The summed E-state index contributed by atoms with van der Waals surface area (Å²) < 4.78 is 5.36. The van der Waals surface area contributed by atoms with Gasteiger partial charge in [0.15, 0.2) is 0 Å². The Morgan fingerprint density at radius 2 is 1.83 bits per heavy atom. The topological polar surface area (TPSA) is 84.7 Å². The number of aryl methyl sites for hydroxylation is 1. The number of ether oxygens (including phenoxy) is 1. The largest absolute Gasteiger partial charge is 0.379 e. The number of rotatable bonds is 10. The van der Waals surface area contributed by atoms with E-state index in [4.69, 9.17) is 10.5 Å². The number of hydrogen-bond acceptors (Lipinski definition) is 4. The molecule has 1 aromatic rings. The van der Waals surface area contributed by atoms with Gasteiger partial charge in [0, 0.05) is 32.1 Å². The third-order valence-electron chi connectivity index (χ3n) is 5.64. The average Bonchev–Trinajstić information content (AvgIpc) is 2.67. The molecule has 1 aromatic carbocycles. The molecule has 162 valence electrons. The van der Waals surface area contributed by atoms with Crippen molar-refractivity contribution in [2.24, 2.45) is 23.0 Å². The highest BCUT2D eigenvalue weighted by Gasteiger charge is 2.40. The van der Waals surface area contributed by atoms with Crippen LogP contribution in [0.3, 0.4) is 0 Å². The van der Waals surface area contributed by atoms with Crippen LogP contribution in [0.4, 0.5) is 0 Å². The molecule has 2 amide bonds. The minimum Gasteiger partial charge on any atom is -0.379 e. The van der Waals surface area contributed by atoms with Crippen LogP contribution in [0.2, 0.25) is 0 Å². The van der Waals surface area contributed by atoms with Gasteiger partial charge in [-0.05, 0) is 30.2 Å². The summed E-state index contributed by atoms with van der Waals surface area (Å²) in [6.45, 7) is 10.6. The van der Waals surface area contributed by atoms with Gasteiger partial charge in [0.05, 0.1) is 19.1 Å². The monoisotopic (exact) mass is 403 g/mol. The zero-order valence-electron chi connectivity index (χ0n) is 18.2. The van der Waals surface area contributed by atoms with Crippen LogP contribution >= 0.6 is 0 Å². The SMILES string of the molecule is CC(C)(C)[C@@H](C(=O)NCCN1CCOCC1)C(CCCc1ccccc1)C(N)=O. The van der Waals surface area contributed by atoms with Crippen molar-refractivity contribution in [1.82, 2.24) is 10.2 Å². The van der Waals surface area contributed by atoms with Crippen LogP contribution in [0, 0.1) is 17.3 Å². The Morgan fingerprint density at radius 3 is 2.41 bits per heavy atom. The van der Waals surface area contributed by atoms with E-state index in [1.165, 1.54) is 5.56 Å². The molecule has 0 radical (unpaired) electrons. The van der Waals surface area contributed by atoms with Crippen molar-refractivity contribution < 1.29 is 14.3 Å². The van der Waals surface area contributed by atoms with Gasteiger partial charge in [0.1, 0.15) is 0 Å². The zero-order chi connectivity index (χ0) is 21.3. The summed E-state index contributed by atoms with van der Waals surface area (Å²) in [5, 5.41) is 3.05. The Kier molecular flexibility index (Phi) is 9.11. The fourth-order valence-electron chi connectivity index (χ4n) is 4.10. The molecule has 2 rings (SSSR count). The molecule has 1 heterocycles. The van der Waals surface area contributed by atoms with Gasteiger partial charge in [-0.2, -0.15) is 0 Å². The molecule has 0 spiro atoms. The van der Waals surface area contributed by atoms with E-state index in [9.17, 15) is 9.59 Å². The van der Waals surface area contributed by atoms with Crippen molar-refractivity contribution in [2.45, 2.75) is 40.0 Å². The second kappa shape index (κ2) is 11.3. The molecular weight excluding hydrogens is 366 g/mol. The molecule has 3 N–H and O–H groups in total. The number of nitrogens with one attached hydrogen (secondary N) is 1. The van der Waals surface area contributed by atoms with Gasteiger partial charge in [-0.15, -0.1) is 0 Å². The lowest BCUT2D eigenvalue weighted by Crippen LogP contribution is -2.48. The Bertz CT molecular complexity index is 637. The maximum Gasteiger partial charge on any atom is 0.224 e. The summed E-state index contributed by atoms with van der Waals surface area (Å²) in [5.41, 5.74) is 6.64. The lowest BCUT2D eigenvalue weighted by Gasteiger charge is -2.35. The lowest BCUT2D eigenvalue weighted by molar-refractivity contribution is -0.138. The number of primary amides is 1. The van der Waals surface area contributed by atoms with Gasteiger partial charge < -0.3 is 15.8 Å². The first-order valence-electron chi connectivity index (χ1n) is 10.7. The fraction of sp³-hybridized carbons (Fsp3) is 0.652. The van der Waals surface area contributed by atoms with E-state index in [0.717, 1.165) is 45.7 Å². The van der Waals surface area contributed by atoms with Gasteiger partial charge in [-0.1, -0.05) is 51.1 Å². The van der Waals surface area contributed by atoms with Crippen molar-refractivity contribution >= 4 is 11.8 Å². The molecule has 0 aromatic heterocycles. The first-order valence-corrected chi connectivity index (χ1v) is 10.7. The minimum absolute atomic E-state index is 0.0747. The number of carbonyl (C=O) groups excluding carboxylic acids is 2. The summed E-state index contributed by atoms with van der Waals surface area (Å²) in [6.07, 6.45) is 2.31. The predicted octanol–water partition coefficient (Wildman–Crippen LogP) is 2.22. The number of morpholine rings is 1. The van der Waals surface area contributed by atoms with Crippen LogP contribution in [-0.4, -0.2) is 56.1 Å². The summed E-state index contributed by atoms with van der Waals surface area (Å²) >= 11 is 0. The number of hydrogen-bond donors (Lipinski definition) is 2. The Morgan fingerprint density at radius 1 is 1.17 bits per heavy atom. The number of benzene rings is 1. The molecule has 29 heavy (non-hydrogen) atoms. The number of carbonyl (C=O) groups is 2. The highest BCUT2D eigenvalue weighted by Crippen LogP contribution is 2.35. The van der Waals surface area contributed by atoms with Gasteiger partial charge in [0.2, 0.25) is 11.8 Å². The highest BCUT2D eigenvalue weighted by molar-refractivity contribution is 5.87. The predicted molar refractivity (Wildman–Crippen MR) is 115 cm³/mol. The van der Waals surface area contributed by atoms with Gasteiger partial charge in [-0.3, -0.25) is 14.5 Å². The third-order valence-corrected chi connectivity index (χ3v) is 5.64. The molecule has 0 saturated carbocycles. The molecule has 0 aliphatic carbocycles. The van der Waals surface area contributed by atoms with Crippen LogP contribution in [0.5, 0.6) is 0 Å². The van der Waals surface area contributed by atoms with Crippen molar-refractivity contribution in [1.29, 1.82) is 0 Å². The normalized spacial score (nSPS) is 17.5. The van der Waals surface area contributed by atoms with E-state index in [1.807, 2.05) is 39.0 Å². The molecular formula is C23H37N3O3. The Balaban J connectivity index is 1.94. The second-order valence-electron chi connectivity index (χ2n) is 8.98. The molecule has 6 nitrogen and oxygen atoms in total. The smallest absolute Gasteiger partial charge is 0.224 e. The number of nitrogens with two attached hydrogens (primary N) is 1. The van der Waals surface area contributed by atoms with E-state index < -0.39 is 11.8 Å². The van der Waals surface area contributed by atoms with Crippen molar-refractivity contribution in [3.8, 4) is 0 Å². The Hall–Kier alpha value is -1.92. The molecule has 1 aliphatic rings. The summed E-state index contributed by atoms with van der Waals surface area (Å²) in [6, 6.07) is 10.2. The van der Waals surface area contributed by atoms with Gasteiger partial charge in [0.25, 0.3) is 0 Å². The molecule has 2 atom stereocenters. The van der Waals surface area contributed by atoms with Crippen molar-refractivity contribution in [3.05, 3.63) is 35.9 Å². The van der Waals surface area contributed by atoms with Crippen LogP contribution < -0.4 is 11.1 Å². The van der Waals surface area contributed by atoms with E-state index in [2.05, 4.69) is 22.3 Å². The average molecular weight is 404 g/mol. The summed E-state index contributed by atoms with van der Waals surface area (Å²) in [7, 11) is 0. The second-order valence-corrected chi connectivity index (χ2v) is 8.98. The molecule has 0 bridgehead atoms. The third kappa shape index (κ3) is 7.78. The molecule has 1 aliphatic heterocycles. The van der Waals surface area contributed by atoms with E-state index in [0.29, 0.717) is 13.0 Å². The highest BCUT2D eigenvalue weighted by atomic mass is 16.5. The first kappa shape index (κ1) is 23.4. The van der Waals surface area contributed by atoms with Crippen LogP contribution in [0.1, 0.15) is 39.2 Å². The first-order chi connectivity index (χ1) is 13.8. The van der Waals surface area contributed by atoms with Crippen molar-refractivity contribution in [2.75, 3.05) is 39.4 Å².